The van der Waals surface area contributed by atoms with Crippen LogP contribution in [0.2, 0.25) is 0 Å². The Morgan fingerprint density at radius 2 is 1.59 bits per heavy atom. The molecule has 1 aromatic heterocycles. The summed E-state index contributed by atoms with van der Waals surface area (Å²) in [5, 5.41) is 0.736. The lowest BCUT2D eigenvalue weighted by Crippen LogP contribution is -2.02. The van der Waals surface area contributed by atoms with Crippen LogP contribution >= 0.6 is 10.5 Å². The van der Waals surface area contributed by atoms with Gasteiger partial charge in [0.2, 0.25) is 0 Å². The molecule has 22 heavy (non-hydrogen) atoms. The first-order chi connectivity index (χ1) is 9.93. The summed E-state index contributed by atoms with van der Waals surface area (Å²) >= 11 is 0. The van der Waals surface area contributed by atoms with Crippen molar-refractivity contribution >= 4 is 27.8 Å². The second-order valence-corrected chi connectivity index (χ2v) is 6.69. The van der Waals surface area contributed by atoms with Gasteiger partial charge >= 0.3 is 12.8 Å². The highest BCUT2D eigenvalue weighted by atomic mass is 32.2. The second-order valence-electron chi connectivity index (χ2n) is 4.65. The number of alkyl halides is 3. The van der Waals surface area contributed by atoms with E-state index in [9.17, 15) is 30.4 Å². The number of hydrogen-bond acceptors (Lipinski definition) is 0. The van der Waals surface area contributed by atoms with Crippen molar-refractivity contribution in [1.82, 2.24) is 0 Å². The molecule has 0 spiro atoms. The fraction of sp³-hybridized carbons (Fsp3) is 0.385. The van der Waals surface area contributed by atoms with E-state index >= 15 is 0 Å². The van der Waals surface area contributed by atoms with Gasteiger partial charge in [-0.3, -0.25) is 0 Å². The van der Waals surface area contributed by atoms with E-state index in [0.717, 1.165) is 17.4 Å². The highest BCUT2D eigenvalue weighted by Gasteiger charge is 2.47. The van der Waals surface area contributed by atoms with Gasteiger partial charge in [0.15, 0.2) is 9.58 Å². The summed E-state index contributed by atoms with van der Waals surface area (Å²) < 4.78 is 78.8. The van der Waals surface area contributed by atoms with E-state index in [1.807, 2.05) is 19.9 Å². The molecule has 0 aliphatic heterocycles. The maximum atomic E-state index is 13.1. The lowest BCUT2D eigenvalue weighted by molar-refractivity contribution is -0.0867. The molecule has 124 valence electrons. The van der Waals surface area contributed by atoms with Gasteiger partial charge in [-0.25, -0.2) is 0 Å². The van der Waals surface area contributed by atoms with E-state index < -0.39 is 23.2 Å². The maximum Gasteiger partial charge on any atom is 0.673 e. The number of hydrogen-bond donors (Lipinski definition) is 0. The van der Waals surface area contributed by atoms with Crippen molar-refractivity contribution in [1.29, 1.82) is 0 Å². The van der Waals surface area contributed by atoms with Crippen LogP contribution in [-0.2, 0) is 11.9 Å². The summed E-state index contributed by atoms with van der Waals surface area (Å²) in [7, 11) is -7.71. The summed E-state index contributed by atoms with van der Waals surface area (Å²) in [5.41, 5.74) is -3.27. The SMILES string of the molecule is CCCc1cc2ccc(C)cc2[s+]1C(F)(F)F.F[B-](F)(F)F. The van der Waals surface area contributed by atoms with Gasteiger partial charge in [0.1, 0.15) is 0 Å². The average Bonchev–Trinajstić information content (AvgIpc) is 2.63. The Morgan fingerprint density at radius 3 is 2.05 bits per heavy atom. The van der Waals surface area contributed by atoms with Crippen molar-refractivity contribution in [2.24, 2.45) is 0 Å². The lowest BCUT2D eigenvalue weighted by atomic mass is 10.2. The van der Waals surface area contributed by atoms with Crippen LogP contribution in [0.4, 0.5) is 30.4 Å². The molecule has 0 radical (unpaired) electrons. The molecular weight excluding hydrogens is 332 g/mol. The fourth-order valence-electron chi connectivity index (χ4n) is 2.01. The molecule has 0 aliphatic rings. The first-order valence-corrected chi connectivity index (χ1v) is 7.65. The third-order valence-electron chi connectivity index (χ3n) is 2.70. The fourth-order valence-corrected chi connectivity index (χ4v) is 4.15. The smallest absolute Gasteiger partial charge is 0.418 e. The molecule has 2 aromatic rings. The van der Waals surface area contributed by atoms with Gasteiger partial charge < -0.3 is 17.3 Å². The first-order valence-electron chi connectivity index (χ1n) is 6.43. The van der Waals surface area contributed by atoms with Crippen LogP contribution in [0.3, 0.4) is 0 Å². The molecule has 0 fully saturated rings. The molecule has 0 amide bonds. The van der Waals surface area contributed by atoms with Crippen LogP contribution in [-0.4, -0.2) is 7.25 Å². The largest absolute Gasteiger partial charge is 0.673 e. The highest BCUT2D eigenvalue weighted by molar-refractivity contribution is 7.38. The van der Waals surface area contributed by atoms with E-state index in [-0.39, 0.29) is 0 Å². The summed E-state index contributed by atoms with van der Waals surface area (Å²) in [5.74, 6) is 0. The van der Waals surface area contributed by atoms with Crippen LogP contribution in [0.15, 0.2) is 24.3 Å². The molecule has 1 atom stereocenters. The Bertz CT molecular complexity index is 622. The van der Waals surface area contributed by atoms with E-state index in [0.29, 0.717) is 16.0 Å². The molecule has 9 heteroatoms. The lowest BCUT2D eigenvalue weighted by Gasteiger charge is -1.99. The minimum absolute atomic E-state index is 0.445. The summed E-state index contributed by atoms with van der Waals surface area (Å²) in [4.78, 5) is 0.528. The number of fused-ring (bicyclic) bond motifs is 1. The third kappa shape index (κ3) is 5.51. The normalized spacial score (nSPS) is 13.0. The third-order valence-corrected chi connectivity index (χ3v) is 4.80. The van der Waals surface area contributed by atoms with Crippen molar-refractivity contribution in [3.05, 3.63) is 34.7 Å². The van der Waals surface area contributed by atoms with Gasteiger partial charge in [-0.15, -0.1) is 13.2 Å². The number of rotatable bonds is 2. The highest BCUT2D eigenvalue weighted by Crippen LogP contribution is 2.51. The minimum atomic E-state index is -6.00. The van der Waals surface area contributed by atoms with Gasteiger partial charge in [0.25, 0.3) is 0 Å². The van der Waals surface area contributed by atoms with Gasteiger partial charge in [0.05, 0.1) is 10.5 Å². The molecule has 0 aliphatic carbocycles. The van der Waals surface area contributed by atoms with Crippen LogP contribution in [0, 0.1) is 6.92 Å². The molecule has 0 bridgehead atoms. The zero-order valence-electron chi connectivity index (χ0n) is 11.9. The molecule has 1 heterocycles. The van der Waals surface area contributed by atoms with Crippen molar-refractivity contribution in [2.45, 2.75) is 32.2 Å². The molecule has 0 nitrogen and oxygen atoms in total. The Morgan fingerprint density at radius 1 is 1.05 bits per heavy atom. The standard InChI is InChI=1S/C13H14F3S.BF4/c1-3-4-11-8-10-6-5-9(2)7-12(10)17(11)13(14,15)16;2-1(3,4)5/h5-8H,3-4H2,1-2H3;/q+1;-1. The van der Waals surface area contributed by atoms with Crippen LogP contribution < -0.4 is 0 Å². The van der Waals surface area contributed by atoms with E-state index in [4.69, 9.17) is 0 Å². The number of thiophene rings is 1. The van der Waals surface area contributed by atoms with Gasteiger partial charge in [-0.1, -0.05) is 13.0 Å². The molecule has 0 saturated heterocycles. The molecule has 2 rings (SSSR count). The van der Waals surface area contributed by atoms with Crippen molar-refractivity contribution in [3.63, 3.8) is 0 Å². The Balaban J connectivity index is 0.000000422. The van der Waals surface area contributed by atoms with Crippen molar-refractivity contribution in [3.8, 4) is 0 Å². The van der Waals surface area contributed by atoms with Crippen molar-refractivity contribution < 1.29 is 30.4 Å². The molecular formula is C13H14BF7S. The molecule has 0 saturated carbocycles. The predicted molar refractivity (Wildman–Crippen MR) is 76.6 cm³/mol. The zero-order valence-corrected chi connectivity index (χ0v) is 12.7. The Kier molecular flexibility index (Phi) is 5.89. The topological polar surface area (TPSA) is 0 Å². The van der Waals surface area contributed by atoms with E-state index in [1.165, 1.54) is 0 Å². The first kappa shape index (κ1) is 18.8. The average molecular weight is 346 g/mol. The number of halogens is 7. The minimum Gasteiger partial charge on any atom is -0.418 e. The predicted octanol–water partition coefficient (Wildman–Crippen LogP) is 6.63. The van der Waals surface area contributed by atoms with Gasteiger partial charge in [-0.05, 0) is 25.0 Å². The quantitative estimate of drug-likeness (QED) is 0.325. The Hall–Kier alpha value is -1.25. The summed E-state index contributed by atoms with van der Waals surface area (Å²) in [6.07, 6.45) is 1.27. The zero-order chi connectivity index (χ0) is 17.1. The van der Waals surface area contributed by atoms with Crippen LogP contribution in [0.1, 0.15) is 23.8 Å². The van der Waals surface area contributed by atoms with Crippen LogP contribution in [0.5, 0.6) is 0 Å². The van der Waals surface area contributed by atoms with Gasteiger partial charge in [0, 0.05) is 23.9 Å². The molecule has 1 unspecified atom stereocenters. The van der Waals surface area contributed by atoms with Crippen molar-refractivity contribution in [2.75, 3.05) is 0 Å². The maximum absolute atomic E-state index is 13.1. The van der Waals surface area contributed by atoms with E-state index in [1.54, 1.807) is 18.2 Å². The van der Waals surface area contributed by atoms with Crippen LogP contribution in [0.25, 0.3) is 10.1 Å². The Labute approximate surface area is 126 Å². The molecule has 1 aromatic carbocycles. The van der Waals surface area contributed by atoms with E-state index in [2.05, 4.69) is 0 Å². The van der Waals surface area contributed by atoms with Gasteiger partial charge in [-0.2, -0.15) is 0 Å². The number of benzene rings is 1. The molecule has 0 N–H and O–H groups in total. The summed E-state index contributed by atoms with van der Waals surface area (Å²) in [6, 6.07) is 7.04. The summed E-state index contributed by atoms with van der Waals surface area (Å²) in [6.45, 7) is 3.74. The number of aryl methyl sites for hydroxylation is 2. The second kappa shape index (κ2) is 6.89. The monoisotopic (exact) mass is 346 g/mol.